The highest BCUT2D eigenvalue weighted by molar-refractivity contribution is 7.18. The summed E-state index contributed by atoms with van der Waals surface area (Å²) in [5.41, 5.74) is 0.962. The number of aromatic nitrogens is 1. The molecule has 1 N–H and O–H groups in total. The summed E-state index contributed by atoms with van der Waals surface area (Å²) in [7, 11) is 0. The standard InChI is InChI=1S/C21H20F3N3OS/c22-21(23,24)16-7-5-14(6-8-16)13-25-20(28)27-11-9-15(10-12-27)19-26-17-3-1-2-4-18(17)29-19/h1-8,15H,9-13H2,(H,25,28). The largest absolute Gasteiger partial charge is 0.416 e. The Labute approximate surface area is 170 Å². The van der Waals surface area contributed by atoms with Crippen molar-refractivity contribution in [2.24, 2.45) is 0 Å². The van der Waals surface area contributed by atoms with E-state index < -0.39 is 11.7 Å². The molecule has 2 amide bonds. The monoisotopic (exact) mass is 419 g/mol. The van der Waals surface area contributed by atoms with Crippen LogP contribution in [0, 0.1) is 0 Å². The number of rotatable bonds is 3. The third-order valence-electron chi connectivity index (χ3n) is 5.17. The van der Waals surface area contributed by atoms with E-state index in [0.717, 1.165) is 35.5 Å². The summed E-state index contributed by atoms with van der Waals surface area (Å²) in [6, 6.07) is 12.7. The van der Waals surface area contributed by atoms with E-state index in [1.54, 1.807) is 16.2 Å². The molecule has 1 aliphatic rings. The van der Waals surface area contributed by atoms with Crippen molar-refractivity contribution in [1.82, 2.24) is 15.2 Å². The Bertz CT molecular complexity index is 959. The molecule has 1 fully saturated rings. The number of piperidine rings is 1. The van der Waals surface area contributed by atoms with E-state index >= 15 is 0 Å². The molecule has 0 unspecified atom stereocenters. The smallest absolute Gasteiger partial charge is 0.334 e. The van der Waals surface area contributed by atoms with Crippen molar-refractivity contribution < 1.29 is 18.0 Å². The lowest BCUT2D eigenvalue weighted by Crippen LogP contribution is -2.43. The number of carbonyl (C=O) groups is 1. The maximum absolute atomic E-state index is 12.6. The minimum Gasteiger partial charge on any atom is -0.334 e. The van der Waals surface area contributed by atoms with Crippen LogP contribution < -0.4 is 5.32 Å². The first kappa shape index (κ1) is 19.7. The van der Waals surface area contributed by atoms with Gasteiger partial charge in [0.15, 0.2) is 0 Å². The first-order valence-electron chi connectivity index (χ1n) is 9.44. The Morgan fingerprint density at radius 1 is 1.10 bits per heavy atom. The van der Waals surface area contributed by atoms with Gasteiger partial charge in [0.25, 0.3) is 0 Å². The summed E-state index contributed by atoms with van der Waals surface area (Å²) in [6.07, 6.45) is -2.64. The zero-order chi connectivity index (χ0) is 20.4. The summed E-state index contributed by atoms with van der Waals surface area (Å²) in [6.45, 7) is 1.48. The Balaban J connectivity index is 1.28. The number of halogens is 3. The fourth-order valence-electron chi connectivity index (χ4n) is 3.50. The van der Waals surface area contributed by atoms with Crippen molar-refractivity contribution in [1.29, 1.82) is 0 Å². The summed E-state index contributed by atoms with van der Waals surface area (Å²) in [4.78, 5) is 18.9. The van der Waals surface area contributed by atoms with Gasteiger partial charge in [-0.3, -0.25) is 0 Å². The summed E-state index contributed by atoms with van der Waals surface area (Å²) >= 11 is 1.71. The van der Waals surface area contributed by atoms with E-state index in [1.807, 2.05) is 18.2 Å². The van der Waals surface area contributed by atoms with Crippen LogP contribution in [0.15, 0.2) is 48.5 Å². The average molecular weight is 419 g/mol. The van der Waals surface area contributed by atoms with Gasteiger partial charge in [-0.15, -0.1) is 11.3 Å². The maximum Gasteiger partial charge on any atom is 0.416 e. The number of hydrogen-bond acceptors (Lipinski definition) is 3. The number of hydrogen-bond donors (Lipinski definition) is 1. The number of amides is 2. The molecule has 1 aliphatic heterocycles. The molecule has 1 aromatic heterocycles. The average Bonchev–Trinajstić information content (AvgIpc) is 3.16. The van der Waals surface area contributed by atoms with Gasteiger partial charge in [0.2, 0.25) is 0 Å². The highest BCUT2D eigenvalue weighted by Crippen LogP contribution is 2.34. The van der Waals surface area contributed by atoms with Crippen LogP contribution in [0.5, 0.6) is 0 Å². The summed E-state index contributed by atoms with van der Waals surface area (Å²) in [5, 5.41) is 3.92. The molecular weight excluding hydrogens is 399 g/mol. The number of likely N-dealkylation sites (tertiary alicyclic amines) is 1. The molecule has 152 valence electrons. The van der Waals surface area contributed by atoms with Gasteiger partial charge in [-0.05, 0) is 42.7 Å². The lowest BCUT2D eigenvalue weighted by Gasteiger charge is -2.31. The molecule has 0 atom stereocenters. The second-order valence-electron chi connectivity index (χ2n) is 7.13. The second-order valence-corrected chi connectivity index (χ2v) is 8.20. The predicted molar refractivity (Wildman–Crippen MR) is 107 cm³/mol. The highest BCUT2D eigenvalue weighted by Gasteiger charge is 2.30. The number of benzene rings is 2. The van der Waals surface area contributed by atoms with E-state index in [4.69, 9.17) is 4.98 Å². The molecule has 8 heteroatoms. The van der Waals surface area contributed by atoms with Gasteiger partial charge in [-0.25, -0.2) is 9.78 Å². The Kier molecular flexibility index (Phi) is 5.45. The molecule has 0 aliphatic carbocycles. The van der Waals surface area contributed by atoms with E-state index in [-0.39, 0.29) is 12.6 Å². The molecule has 0 saturated carbocycles. The van der Waals surface area contributed by atoms with E-state index in [2.05, 4.69) is 11.4 Å². The summed E-state index contributed by atoms with van der Waals surface area (Å²) in [5.74, 6) is 0.353. The third-order valence-corrected chi connectivity index (χ3v) is 6.37. The van der Waals surface area contributed by atoms with Crippen molar-refractivity contribution in [3.63, 3.8) is 0 Å². The van der Waals surface area contributed by atoms with Crippen molar-refractivity contribution in [3.05, 3.63) is 64.7 Å². The fraction of sp³-hybridized carbons (Fsp3) is 0.333. The van der Waals surface area contributed by atoms with Crippen molar-refractivity contribution in [2.45, 2.75) is 31.5 Å². The normalized spacial score (nSPS) is 15.6. The van der Waals surface area contributed by atoms with Crippen LogP contribution in [0.25, 0.3) is 10.2 Å². The van der Waals surface area contributed by atoms with Crippen LogP contribution in [-0.4, -0.2) is 29.0 Å². The van der Waals surface area contributed by atoms with Gasteiger partial charge < -0.3 is 10.2 Å². The van der Waals surface area contributed by atoms with Gasteiger partial charge in [-0.2, -0.15) is 13.2 Å². The van der Waals surface area contributed by atoms with Crippen LogP contribution >= 0.6 is 11.3 Å². The van der Waals surface area contributed by atoms with Crippen LogP contribution in [0.2, 0.25) is 0 Å². The third kappa shape index (κ3) is 4.53. The molecule has 3 aromatic rings. The fourth-order valence-corrected chi connectivity index (χ4v) is 4.63. The number of para-hydroxylation sites is 1. The topological polar surface area (TPSA) is 45.2 Å². The van der Waals surface area contributed by atoms with Gasteiger partial charge in [0, 0.05) is 25.6 Å². The van der Waals surface area contributed by atoms with E-state index in [0.29, 0.717) is 24.6 Å². The minimum atomic E-state index is -4.35. The number of fused-ring (bicyclic) bond motifs is 1. The molecule has 0 radical (unpaired) electrons. The van der Waals surface area contributed by atoms with Crippen LogP contribution in [-0.2, 0) is 12.7 Å². The van der Waals surface area contributed by atoms with Gasteiger partial charge in [0.05, 0.1) is 20.8 Å². The van der Waals surface area contributed by atoms with Crippen LogP contribution in [0.1, 0.15) is 34.9 Å². The van der Waals surface area contributed by atoms with Crippen molar-refractivity contribution >= 4 is 27.6 Å². The molecule has 0 spiro atoms. The first-order valence-corrected chi connectivity index (χ1v) is 10.3. The molecule has 2 aromatic carbocycles. The lowest BCUT2D eigenvalue weighted by molar-refractivity contribution is -0.137. The number of nitrogens with one attached hydrogen (secondary N) is 1. The minimum absolute atomic E-state index is 0.187. The van der Waals surface area contributed by atoms with E-state index in [9.17, 15) is 18.0 Å². The van der Waals surface area contributed by atoms with Crippen molar-refractivity contribution in [3.8, 4) is 0 Å². The molecule has 4 nitrogen and oxygen atoms in total. The molecule has 4 rings (SSSR count). The molecule has 29 heavy (non-hydrogen) atoms. The van der Waals surface area contributed by atoms with Gasteiger partial charge >= 0.3 is 12.2 Å². The first-order chi connectivity index (χ1) is 13.9. The second kappa shape index (κ2) is 8.02. The SMILES string of the molecule is O=C(NCc1ccc(C(F)(F)F)cc1)N1CCC(c2nc3ccccc3s2)CC1. The Morgan fingerprint density at radius 3 is 2.45 bits per heavy atom. The van der Waals surface area contributed by atoms with E-state index in [1.165, 1.54) is 16.8 Å². The van der Waals surface area contributed by atoms with Crippen LogP contribution in [0.4, 0.5) is 18.0 Å². The number of urea groups is 1. The zero-order valence-corrected chi connectivity index (χ0v) is 16.4. The summed E-state index contributed by atoms with van der Waals surface area (Å²) < 4.78 is 39.0. The highest BCUT2D eigenvalue weighted by atomic mass is 32.1. The molecule has 2 heterocycles. The number of thiazole rings is 1. The molecule has 1 saturated heterocycles. The van der Waals surface area contributed by atoms with Crippen molar-refractivity contribution in [2.75, 3.05) is 13.1 Å². The quantitative estimate of drug-likeness (QED) is 0.617. The zero-order valence-electron chi connectivity index (χ0n) is 15.6. The number of alkyl halides is 3. The number of carbonyl (C=O) groups excluding carboxylic acids is 1. The maximum atomic E-state index is 12.6. The molecule has 0 bridgehead atoms. The Morgan fingerprint density at radius 2 is 1.79 bits per heavy atom. The Hall–Kier alpha value is -2.61. The number of nitrogens with zero attached hydrogens (tertiary/aromatic N) is 2. The van der Waals surface area contributed by atoms with Crippen LogP contribution in [0.3, 0.4) is 0 Å². The van der Waals surface area contributed by atoms with Gasteiger partial charge in [-0.1, -0.05) is 24.3 Å². The predicted octanol–water partition coefficient (Wildman–Crippen LogP) is 5.40. The molecular formula is C21H20F3N3OS. The lowest BCUT2D eigenvalue weighted by atomic mass is 9.98. The van der Waals surface area contributed by atoms with Gasteiger partial charge in [0.1, 0.15) is 0 Å².